The molecule has 2 rings (SSSR count). The summed E-state index contributed by atoms with van der Waals surface area (Å²) in [5, 5.41) is -0.168. The normalized spacial score (nSPS) is 11.3. The minimum Gasteiger partial charge on any atom is -0.396 e. The van der Waals surface area contributed by atoms with Crippen molar-refractivity contribution in [2.24, 2.45) is 0 Å². The standard InChI is InChI=1S/C13H14BrN3O2S/c1-8-6-10(7-9(2)12(8)14)17-20(18,19)13-11(15)4-3-5-16-13/h3-7,17H,15H2,1-2H3. The molecule has 0 saturated heterocycles. The summed E-state index contributed by atoms with van der Waals surface area (Å²) in [6.45, 7) is 3.79. The molecule has 5 nitrogen and oxygen atoms in total. The minimum atomic E-state index is -3.79. The second-order valence-corrected chi connectivity index (χ2v) is 6.82. The highest BCUT2D eigenvalue weighted by molar-refractivity contribution is 9.10. The number of sulfonamides is 1. The number of aryl methyl sites for hydroxylation is 2. The number of nitrogens with zero attached hydrogens (tertiary/aromatic N) is 1. The molecule has 0 amide bonds. The topological polar surface area (TPSA) is 85.1 Å². The van der Waals surface area contributed by atoms with Crippen molar-refractivity contribution >= 4 is 37.3 Å². The Labute approximate surface area is 126 Å². The van der Waals surface area contributed by atoms with Crippen molar-refractivity contribution in [2.75, 3.05) is 10.5 Å². The summed E-state index contributed by atoms with van der Waals surface area (Å²) in [6.07, 6.45) is 1.39. The smallest absolute Gasteiger partial charge is 0.281 e. The number of hydrogen-bond donors (Lipinski definition) is 2. The molecule has 0 radical (unpaired) electrons. The minimum absolute atomic E-state index is 0.116. The molecule has 0 aliphatic carbocycles. The van der Waals surface area contributed by atoms with Crippen LogP contribution in [0.5, 0.6) is 0 Å². The maximum Gasteiger partial charge on any atom is 0.281 e. The first-order valence-corrected chi connectivity index (χ1v) is 8.09. The lowest BCUT2D eigenvalue weighted by atomic mass is 10.1. The molecule has 0 aliphatic heterocycles. The van der Waals surface area contributed by atoms with Gasteiger partial charge in [0, 0.05) is 16.4 Å². The zero-order chi connectivity index (χ0) is 14.9. The average molecular weight is 356 g/mol. The van der Waals surface area contributed by atoms with E-state index in [4.69, 9.17) is 5.73 Å². The number of benzene rings is 1. The van der Waals surface area contributed by atoms with Crippen LogP contribution in [0.4, 0.5) is 11.4 Å². The van der Waals surface area contributed by atoms with Crippen LogP contribution in [0, 0.1) is 13.8 Å². The number of nitrogens with one attached hydrogen (secondary N) is 1. The first-order valence-electron chi connectivity index (χ1n) is 5.81. The summed E-state index contributed by atoms with van der Waals surface area (Å²) in [5.41, 5.74) is 8.13. The number of hydrogen-bond acceptors (Lipinski definition) is 4. The van der Waals surface area contributed by atoms with Crippen LogP contribution < -0.4 is 10.5 Å². The highest BCUT2D eigenvalue weighted by Crippen LogP contribution is 2.27. The SMILES string of the molecule is Cc1cc(NS(=O)(=O)c2ncccc2N)cc(C)c1Br. The zero-order valence-corrected chi connectivity index (χ0v) is 13.4. The Morgan fingerprint density at radius 3 is 2.40 bits per heavy atom. The molecular formula is C13H14BrN3O2S. The molecule has 106 valence electrons. The number of pyridine rings is 1. The van der Waals surface area contributed by atoms with Gasteiger partial charge in [-0.2, -0.15) is 8.42 Å². The van der Waals surface area contributed by atoms with E-state index in [0.29, 0.717) is 5.69 Å². The Bertz CT molecular complexity index is 737. The molecule has 2 aromatic rings. The van der Waals surface area contributed by atoms with Crippen LogP contribution in [-0.2, 0) is 10.0 Å². The van der Waals surface area contributed by atoms with E-state index in [9.17, 15) is 8.42 Å². The summed E-state index contributed by atoms with van der Waals surface area (Å²) in [5.74, 6) is 0. The van der Waals surface area contributed by atoms with Gasteiger partial charge in [0.25, 0.3) is 10.0 Å². The molecule has 3 N–H and O–H groups in total. The molecule has 1 aromatic carbocycles. The lowest BCUT2D eigenvalue weighted by Crippen LogP contribution is -2.16. The summed E-state index contributed by atoms with van der Waals surface area (Å²) in [7, 11) is -3.79. The van der Waals surface area contributed by atoms with Crippen molar-refractivity contribution in [3.05, 3.63) is 46.1 Å². The maximum absolute atomic E-state index is 12.3. The Balaban J connectivity index is 2.42. The molecule has 0 atom stereocenters. The lowest BCUT2D eigenvalue weighted by molar-refractivity contribution is 0.598. The van der Waals surface area contributed by atoms with Crippen LogP contribution in [0.25, 0.3) is 0 Å². The van der Waals surface area contributed by atoms with Crippen LogP contribution in [0.1, 0.15) is 11.1 Å². The molecule has 20 heavy (non-hydrogen) atoms. The number of nitrogen functional groups attached to an aromatic ring is 1. The second-order valence-electron chi connectivity index (χ2n) is 4.43. The Kier molecular flexibility index (Phi) is 4.01. The summed E-state index contributed by atoms with van der Waals surface area (Å²) in [4.78, 5) is 3.82. The fourth-order valence-electron chi connectivity index (χ4n) is 1.84. The van der Waals surface area contributed by atoms with Gasteiger partial charge in [0.15, 0.2) is 5.03 Å². The van der Waals surface area contributed by atoms with Gasteiger partial charge in [0.1, 0.15) is 0 Å². The van der Waals surface area contributed by atoms with Gasteiger partial charge >= 0.3 is 0 Å². The number of anilines is 2. The van der Waals surface area contributed by atoms with E-state index in [0.717, 1.165) is 15.6 Å². The van der Waals surface area contributed by atoms with Gasteiger partial charge in [-0.1, -0.05) is 15.9 Å². The molecule has 1 aromatic heterocycles. The van der Waals surface area contributed by atoms with Crippen LogP contribution >= 0.6 is 15.9 Å². The summed E-state index contributed by atoms with van der Waals surface area (Å²) < 4.78 is 28.0. The Hall–Kier alpha value is -1.60. The van der Waals surface area contributed by atoms with E-state index < -0.39 is 10.0 Å². The molecule has 7 heteroatoms. The predicted octanol–water partition coefficient (Wildman–Crippen LogP) is 2.84. The van der Waals surface area contributed by atoms with E-state index in [1.165, 1.54) is 12.3 Å². The van der Waals surface area contributed by atoms with Crippen LogP contribution in [-0.4, -0.2) is 13.4 Å². The van der Waals surface area contributed by atoms with Gasteiger partial charge in [-0.3, -0.25) is 4.72 Å². The first kappa shape index (κ1) is 14.8. The third-order valence-electron chi connectivity index (χ3n) is 2.74. The first-order chi connectivity index (χ1) is 9.31. The molecule has 0 saturated carbocycles. The van der Waals surface area contributed by atoms with Gasteiger partial charge in [-0.25, -0.2) is 4.98 Å². The second kappa shape index (κ2) is 5.41. The van der Waals surface area contributed by atoms with Crippen LogP contribution in [0.15, 0.2) is 40.0 Å². The molecule has 0 aliphatic rings. The van der Waals surface area contributed by atoms with Crippen LogP contribution in [0.2, 0.25) is 0 Å². The molecule has 1 heterocycles. The lowest BCUT2D eigenvalue weighted by Gasteiger charge is -2.11. The molecule has 0 spiro atoms. The van der Waals surface area contributed by atoms with Gasteiger partial charge in [-0.05, 0) is 49.2 Å². The Morgan fingerprint density at radius 2 is 1.85 bits per heavy atom. The number of aromatic nitrogens is 1. The van der Waals surface area contributed by atoms with E-state index in [-0.39, 0.29) is 10.7 Å². The summed E-state index contributed by atoms with van der Waals surface area (Å²) in [6, 6.07) is 6.57. The van der Waals surface area contributed by atoms with Crippen molar-refractivity contribution in [1.29, 1.82) is 0 Å². The highest BCUT2D eigenvalue weighted by Gasteiger charge is 2.19. The monoisotopic (exact) mass is 355 g/mol. The fraction of sp³-hybridized carbons (Fsp3) is 0.154. The predicted molar refractivity (Wildman–Crippen MR) is 83.1 cm³/mol. The quantitative estimate of drug-likeness (QED) is 0.886. The molecule has 0 unspecified atom stereocenters. The zero-order valence-electron chi connectivity index (χ0n) is 11.0. The fourth-order valence-corrected chi connectivity index (χ4v) is 3.17. The average Bonchev–Trinajstić information content (AvgIpc) is 2.35. The van der Waals surface area contributed by atoms with Crippen LogP contribution in [0.3, 0.4) is 0 Å². The van der Waals surface area contributed by atoms with Crippen molar-refractivity contribution in [3.63, 3.8) is 0 Å². The molecule has 0 bridgehead atoms. The van der Waals surface area contributed by atoms with Gasteiger partial charge < -0.3 is 5.73 Å². The van der Waals surface area contributed by atoms with Crippen molar-refractivity contribution in [3.8, 4) is 0 Å². The maximum atomic E-state index is 12.3. The number of rotatable bonds is 3. The van der Waals surface area contributed by atoms with E-state index in [1.807, 2.05) is 13.8 Å². The van der Waals surface area contributed by atoms with Gasteiger partial charge in [0.2, 0.25) is 0 Å². The third kappa shape index (κ3) is 2.94. The van der Waals surface area contributed by atoms with Gasteiger partial charge in [0.05, 0.1) is 5.69 Å². The van der Waals surface area contributed by atoms with Gasteiger partial charge in [-0.15, -0.1) is 0 Å². The summed E-state index contributed by atoms with van der Waals surface area (Å²) >= 11 is 3.44. The highest BCUT2D eigenvalue weighted by atomic mass is 79.9. The van der Waals surface area contributed by atoms with E-state index >= 15 is 0 Å². The van der Waals surface area contributed by atoms with Crippen molar-refractivity contribution in [2.45, 2.75) is 18.9 Å². The number of halogens is 1. The molecular weight excluding hydrogens is 342 g/mol. The number of nitrogens with two attached hydrogens (primary N) is 1. The van der Waals surface area contributed by atoms with E-state index in [1.54, 1.807) is 18.2 Å². The molecule has 0 fully saturated rings. The van der Waals surface area contributed by atoms with Crippen molar-refractivity contribution in [1.82, 2.24) is 4.98 Å². The van der Waals surface area contributed by atoms with E-state index in [2.05, 4.69) is 25.6 Å². The van der Waals surface area contributed by atoms with Crippen molar-refractivity contribution < 1.29 is 8.42 Å². The third-order valence-corrected chi connectivity index (χ3v) is 5.35. The Morgan fingerprint density at radius 1 is 1.25 bits per heavy atom. The largest absolute Gasteiger partial charge is 0.396 e.